The van der Waals surface area contributed by atoms with Crippen LogP contribution in [0, 0.1) is 17.7 Å². The maximum absolute atomic E-state index is 13.2. The van der Waals surface area contributed by atoms with E-state index >= 15 is 0 Å². The minimum atomic E-state index is -3.74. The molecule has 0 bridgehead atoms. The van der Waals surface area contributed by atoms with E-state index in [1.54, 1.807) is 23.1 Å². The van der Waals surface area contributed by atoms with Crippen molar-refractivity contribution in [1.82, 2.24) is 19.7 Å². The summed E-state index contributed by atoms with van der Waals surface area (Å²) in [5.74, 6) is -1.41. The van der Waals surface area contributed by atoms with Gasteiger partial charge < -0.3 is 14.7 Å². The minimum absolute atomic E-state index is 0. The smallest absolute Gasteiger partial charge is 0.276 e. The highest BCUT2D eigenvalue weighted by Gasteiger charge is 2.58. The molecule has 2 fully saturated rings. The van der Waals surface area contributed by atoms with Gasteiger partial charge in [0.25, 0.3) is 5.91 Å². The normalized spacial score (nSPS) is 22.3. The summed E-state index contributed by atoms with van der Waals surface area (Å²) in [6, 6.07) is 6.57. The van der Waals surface area contributed by atoms with E-state index in [9.17, 15) is 22.4 Å². The summed E-state index contributed by atoms with van der Waals surface area (Å²) in [6.07, 6.45) is 1.42. The summed E-state index contributed by atoms with van der Waals surface area (Å²) in [7, 11) is -3.74. The van der Waals surface area contributed by atoms with Gasteiger partial charge in [-0.2, -0.15) is 0 Å². The molecular weight excluding hydrogens is 487 g/mol. The first-order valence-electron chi connectivity index (χ1n) is 10.8. The number of halogens is 2. The molecule has 0 aliphatic carbocycles. The number of benzene rings is 1. The van der Waals surface area contributed by atoms with Crippen molar-refractivity contribution in [2.75, 3.05) is 12.8 Å². The van der Waals surface area contributed by atoms with Crippen LogP contribution in [-0.2, 0) is 27.9 Å². The van der Waals surface area contributed by atoms with Crippen LogP contribution in [-0.4, -0.2) is 59.5 Å². The Bertz CT molecular complexity index is 1150. The predicted octanol–water partition coefficient (Wildman–Crippen LogP) is 2.18. The van der Waals surface area contributed by atoms with E-state index in [1.165, 1.54) is 12.1 Å². The number of sulfonamides is 1. The Kier molecular flexibility index (Phi) is 7.69. The minimum Gasteiger partial charge on any atom is -0.359 e. The standard InChI is InChI=1S/C22H27FN4O5S.ClH/c1-13(2)19-20-18(27(22(19)29)33(3,30)31)8-9-26(20)21(28)17-10-16(32-25-17)12-24-11-14-4-6-15(23)7-5-14;/h4-7,10,13,18-20,24H,8-9,11-12H2,1-3H3;1H/t18-,19+,20-;/m0./s1. The lowest BCUT2D eigenvalue weighted by atomic mass is 9.88. The molecule has 1 aromatic heterocycles. The van der Waals surface area contributed by atoms with Gasteiger partial charge in [-0.1, -0.05) is 31.1 Å². The molecule has 12 heteroatoms. The molecule has 2 aromatic rings. The quantitative estimate of drug-likeness (QED) is 0.602. The Labute approximate surface area is 204 Å². The van der Waals surface area contributed by atoms with Gasteiger partial charge in [0.2, 0.25) is 15.9 Å². The van der Waals surface area contributed by atoms with E-state index in [1.807, 2.05) is 13.8 Å². The monoisotopic (exact) mass is 514 g/mol. The molecule has 0 saturated carbocycles. The second kappa shape index (κ2) is 10.0. The second-order valence-corrected chi connectivity index (χ2v) is 10.8. The highest BCUT2D eigenvalue weighted by Crippen LogP contribution is 2.41. The van der Waals surface area contributed by atoms with Crippen LogP contribution in [0.25, 0.3) is 0 Å². The van der Waals surface area contributed by atoms with Gasteiger partial charge in [-0.05, 0) is 30.0 Å². The van der Waals surface area contributed by atoms with Crippen LogP contribution in [0.2, 0.25) is 0 Å². The zero-order valence-corrected chi connectivity index (χ0v) is 20.7. The summed E-state index contributed by atoms with van der Waals surface area (Å²) in [4.78, 5) is 27.7. The van der Waals surface area contributed by atoms with Crippen LogP contribution >= 0.6 is 12.4 Å². The first-order valence-corrected chi connectivity index (χ1v) is 12.7. The highest BCUT2D eigenvalue weighted by atomic mass is 35.5. The Hall–Kier alpha value is -2.50. The highest BCUT2D eigenvalue weighted by molar-refractivity contribution is 7.88. The molecule has 2 aliphatic rings. The van der Waals surface area contributed by atoms with Crippen molar-refractivity contribution < 1.29 is 26.9 Å². The molecule has 186 valence electrons. The molecule has 9 nitrogen and oxygen atoms in total. The molecular formula is C22H28ClFN4O5S. The molecule has 2 aliphatic heterocycles. The molecule has 1 N–H and O–H groups in total. The second-order valence-electron chi connectivity index (χ2n) is 8.92. The fourth-order valence-corrected chi connectivity index (χ4v) is 6.02. The average molecular weight is 515 g/mol. The first kappa shape index (κ1) is 26.1. The van der Waals surface area contributed by atoms with Gasteiger partial charge in [0.05, 0.1) is 30.8 Å². The molecule has 34 heavy (non-hydrogen) atoms. The first-order chi connectivity index (χ1) is 15.6. The van der Waals surface area contributed by atoms with E-state index in [0.717, 1.165) is 16.1 Å². The molecule has 2 saturated heterocycles. The molecule has 0 radical (unpaired) electrons. The number of hydrogen-bond acceptors (Lipinski definition) is 7. The number of rotatable bonds is 7. The Morgan fingerprint density at radius 2 is 1.94 bits per heavy atom. The summed E-state index contributed by atoms with van der Waals surface area (Å²) < 4.78 is 43.8. The number of carbonyl (C=O) groups is 2. The zero-order chi connectivity index (χ0) is 23.9. The zero-order valence-electron chi connectivity index (χ0n) is 19.1. The lowest BCUT2D eigenvalue weighted by molar-refractivity contribution is -0.129. The van der Waals surface area contributed by atoms with Crippen molar-refractivity contribution in [3.8, 4) is 0 Å². The molecule has 3 heterocycles. The fraction of sp³-hybridized carbons (Fsp3) is 0.500. The van der Waals surface area contributed by atoms with Crippen molar-refractivity contribution in [2.45, 2.75) is 45.4 Å². The summed E-state index contributed by atoms with van der Waals surface area (Å²) >= 11 is 0. The Balaban J connectivity index is 0.00000324. The molecule has 4 rings (SSSR count). The third-order valence-corrected chi connectivity index (χ3v) is 7.41. The maximum Gasteiger partial charge on any atom is 0.276 e. The Morgan fingerprint density at radius 3 is 2.56 bits per heavy atom. The van der Waals surface area contributed by atoms with Crippen molar-refractivity contribution in [3.05, 3.63) is 53.2 Å². The molecule has 3 atom stereocenters. The number of nitrogens with zero attached hydrogens (tertiary/aromatic N) is 3. The van der Waals surface area contributed by atoms with Gasteiger partial charge in [-0.25, -0.2) is 17.1 Å². The summed E-state index contributed by atoms with van der Waals surface area (Å²) in [5, 5.41) is 7.04. The number of hydrogen-bond donors (Lipinski definition) is 1. The van der Waals surface area contributed by atoms with E-state index in [-0.39, 0.29) is 35.7 Å². The number of carbonyl (C=O) groups excluding carboxylic acids is 2. The Morgan fingerprint density at radius 1 is 1.26 bits per heavy atom. The topological polar surface area (TPSA) is 113 Å². The lowest BCUT2D eigenvalue weighted by Crippen LogP contribution is -2.44. The van der Waals surface area contributed by atoms with Crippen LogP contribution < -0.4 is 5.32 Å². The van der Waals surface area contributed by atoms with Crippen LogP contribution in [0.15, 0.2) is 34.9 Å². The largest absolute Gasteiger partial charge is 0.359 e. The molecule has 0 spiro atoms. The molecule has 0 unspecified atom stereocenters. The van der Waals surface area contributed by atoms with Crippen LogP contribution in [0.1, 0.15) is 42.1 Å². The lowest BCUT2D eigenvalue weighted by Gasteiger charge is -2.28. The third-order valence-electron chi connectivity index (χ3n) is 6.25. The van der Waals surface area contributed by atoms with Gasteiger partial charge in [-0.15, -0.1) is 12.4 Å². The van der Waals surface area contributed by atoms with Crippen LogP contribution in [0.3, 0.4) is 0 Å². The van der Waals surface area contributed by atoms with Gasteiger partial charge >= 0.3 is 0 Å². The van der Waals surface area contributed by atoms with Crippen molar-refractivity contribution in [3.63, 3.8) is 0 Å². The number of likely N-dealkylation sites (tertiary alicyclic amines) is 1. The summed E-state index contributed by atoms with van der Waals surface area (Å²) in [6.45, 7) is 4.85. The number of nitrogens with one attached hydrogen (secondary N) is 1. The van der Waals surface area contributed by atoms with Crippen molar-refractivity contribution >= 4 is 34.2 Å². The van der Waals surface area contributed by atoms with Gasteiger partial charge in [0.1, 0.15) is 5.82 Å². The van der Waals surface area contributed by atoms with Crippen molar-refractivity contribution in [2.24, 2.45) is 11.8 Å². The van der Waals surface area contributed by atoms with E-state index in [2.05, 4.69) is 10.5 Å². The van der Waals surface area contributed by atoms with Crippen LogP contribution in [0.5, 0.6) is 0 Å². The summed E-state index contributed by atoms with van der Waals surface area (Å²) in [5.41, 5.74) is 1.01. The van der Waals surface area contributed by atoms with Crippen molar-refractivity contribution in [1.29, 1.82) is 0 Å². The van der Waals surface area contributed by atoms with E-state index < -0.39 is 33.9 Å². The molecule has 2 amide bonds. The van der Waals surface area contributed by atoms with Gasteiger partial charge in [-0.3, -0.25) is 9.59 Å². The number of fused-ring (bicyclic) bond motifs is 1. The van der Waals surface area contributed by atoms with Crippen LogP contribution in [0.4, 0.5) is 4.39 Å². The molecule has 1 aromatic carbocycles. The van der Waals surface area contributed by atoms with E-state index in [4.69, 9.17) is 4.52 Å². The average Bonchev–Trinajstić information content (AvgIpc) is 3.42. The van der Waals surface area contributed by atoms with E-state index in [0.29, 0.717) is 31.8 Å². The SMILES string of the molecule is CC(C)[C@H]1C(=O)N(S(C)(=O)=O)[C@H]2CCN(C(=O)c3cc(CNCc4ccc(F)cc4)on3)[C@H]12.Cl. The maximum atomic E-state index is 13.2. The van der Waals surface area contributed by atoms with Gasteiger partial charge in [0.15, 0.2) is 11.5 Å². The fourth-order valence-electron chi connectivity index (χ4n) is 4.85. The third kappa shape index (κ3) is 4.96. The number of aromatic nitrogens is 1. The van der Waals surface area contributed by atoms with Gasteiger partial charge in [0, 0.05) is 19.2 Å². The number of amides is 2. The predicted molar refractivity (Wildman–Crippen MR) is 124 cm³/mol.